The lowest BCUT2D eigenvalue weighted by molar-refractivity contribution is 0.448. The van der Waals surface area contributed by atoms with Crippen molar-refractivity contribution >= 4 is 5.71 Å². The van der Waals surface area contributed by atoms with Gasteiger partial charge in [0.1, 0.15) is 0 Å². The van der Waals surface area contributed by atoms with Crippen LogP contribution >= 0.6 is 0 Å². The third-order valence-electron chi connectivity index (χ3n) is 4.34. The van der Waals surface area contributed by atoms with Gasteiger partial charge in [0.15, 0.2) is 0 Å². The molecule has 1 aliphatic carbocycles. The van der Waals surface area contributed by atoms with Crippen molar-refractivity contribution in [1.29, 1.82) is 0 Å². The van der Waals surface area contributed by atoms with E-state index in [2.05, 4.69) is 36.9 Å². The van der Waals surface area contributed by atoms with Crippen LogP contribution in [-0.4, -0.2) is 11.3 Å². The predicted octanol–water partition coefficient (Wildman–Crippen LogP) is 4.33. The van der Waals surface area contributed by atoms with Gasteiger partial charge in [-0.3, -0.25) is 4.99 Å². The summed E-state index contributed by atoms with van der Waals surface area (Å²) >= 11 is 0. The molecule has 94 valence electrons. The van der Waals surface area contributed by atoms with Gasteiger partial charge in [0.05, 0.1) is 5.54 Å². The molecule has 1 aliphatic heterocycles. The van der Waals surface area contributed by atoms with E-state index in [0.29, 0.717) is 0 Å². The van der Waals surface area contributed by atoms with Crippen molar-refractivity contribution in [3.63, 3.8) is 0 Å². The molecule has 1 heterocycles. The molecule has 2 aliphatic rings. The first-order valence-corrected chi connectivity index (χ1v) is 7.04. The normalized spacial score (nSPS) is 26.9. The Bertz CT molecular complexity index is 472. The van der Waals surface area contributed by atoms with E-state index in [1.165, 1.54) is 42.5 Å². The van der Waals surface area contributed by atoms with Gasteiger partial charge < -0.3 is 0 Å². The van der Waals surface area contributed by atoms with Crippen molar-refractivity contribution in [3.05, 3.63) is 48.0 Å². The maximum atomic E-state index is 5.04. The molecule has 1 unspecified atom stereocenters. The molecule has 1 nitrogen and oxygen atoms in total. The van der Waals surface area contributed by atoms with Crippen LogP contribution < -0.4 is 0 Å². The van der Waals surface area contributed by atoms with Crippen LogP contribution in [0.4, 0.5) is 0 Å². The first-order chi connectivity index (χ1) is 8.76. The molecule has 0 bridgehead atoms. The molecule has 1 aromatic rings. The van der Waals surface area contributed by atoms with Crippen LogP contribution in [-0.2, 0) is 6.42 Å². The summed E-state index contributed by atoms with van der Waals surface area (Å²) in [7, 11) is 0. The fourth-order valence-corrected chi connectivity index (χ4v) is 3.30. The number of rotatable bonds is 3. The van der Waals surface area contributed by atoms with Crippen molar-refractivity contribution in [2.75, 3.05) is 0 Å². The van der Waals surface area contributed by atoms with E-state index in [1.54, 1.807) is 0 Å². The number of aliphatic imine (C=N–C) groups is 1. The molecule has 3 rings (SSSR count). The number of benzene rings is 1. The Morgan fingerprint density at radius 1 is 1.06 bits per heavy atom. The Morgan fingerprint density at radius 2 is 1.83 bits per heavy atom. The van der Waals surface area contributed by atoms with E-state index in [1.807, 2.05) is 0 Å². The Labute approximate surface area is 110 Å². The minimum atomic E-state index is 0.267. The van der Waals surface area contributed by atoms with Gasteiger partial charge in [-0.25, -0.2) is 0 Å². The highest BCUT2D eigenvalue weighted by Gasteiger charge is 2.38. The van der Waals surface area contributed by atoms with Crippen LogP contribution in [0.2, 0.25) is 0 Å². The van der Waals surface area contributed by atoms with Crippen LogP contribution in [0.25, 0.3) is 0 Å². The van der Waals surface area contributed by atoms with Crippen LogP contribution in [0.3, 0.4) is 0 Å². The molecule has 1 atom stereocenters. The molecule has 1 aromatic carbocycles. The van der Waals surface area contributed by atoms with Crippen molar-refractivity contribution < 1.29 is 0 Å². The molecule has 0 radical (unpaired) electrons. The first-order valence-electron chi connectivity index (χ1n) is 7.04. The molecule has 0 saturated heterocycles. The summed E-state index contributed by atoms with van der Waals surface area (Å²) in [5.74, 6) is 0. The molecule has 1 saturated carbocycles. The molecule has 1 fully saturated rings. The third-order valence-corrected chi connectivity index (χ3v) is 4.34. The summed E-state index contributed by atoms with van der Waals surface area (Å²) < 4.78 is 0. The smallest absolute Gasteiger partial charge is 0.0651 e. The molecular formula is C17H21N. The average molecular weight is 239 g/mol. The second kappa shape index (κ2) is 4.72. The maximum Gasteiger partial charge on any atom is 0.0651 e. The average Bonchev–Trinajstić information content (AvgIpc) is 2.96. The molecule has 1 heteroatoms. The number of nitrogens with zero attached hydrogens (tertiary/aromatic N) is 1. The summed E-state index contributed by atoms with van der Waals surface area (Å²) in [6.07, 6.45) is 8.31. The van der Waals surface area contributed by atoms with E-state index >= 15 is 0 Å². The van der Waals surface area contributed by atoms with E-state index < -0.39 is 0 Å². The lowest BCUT2D eigenvalue weighted by Gasteiger charge is -2.17. The van der Waals surface area contributed by atoms with Gasteiger partial charge in [0.2, 0.25) is 0 Å². The van der Waals surface area contributed by atoms with E-state index in [4.69, 9.17) is 4.99 Å². The molecule has 18 heavy (non-hydrogen) atoms. The number of aryl methyl sites for hydroxylation is 1. The zero-order chi connectivity index (χ0) is 12.4. The van der Waals surface area contributed by atoms with Crippen LogP contribution in [0.5, 0.6) is 0 Å². The summed E-state index contributed by atoms with van der Waals surface area (Å²) in [4.78, 5) is 5.04. The maximum absolute atomic E-state index is 5.04. The summed E-state index contributed by atoms with van der Waals surface area (Å²) in [6, 6.07) is 10.7. The van der Waals surface area contributed by atoms with Crippen LogP contribution in [0, 0.1) is 0 Å². The van der Waals surface area contributed by atoms with Crippen molar-refractivity contribution in [2.24, 2.45) is 4.99 Å². The highest BCUT2D eigenvalue weighted by Crippen LogP contribution is 2.43. The molecule has 1 spiro atoms. The van der Waals surface area contributed by atoms with Gasteiger partial charge in [0.25, 0.3) is 0 Å². The monoisotopic (exact) mass is 239 g/mol. The summed E-state index contributed by atoms with van der Waals surface area (Å²) in [6.45, 7) is 4.12. The molecule has 0 N–H and O–H groups in total. The lowest BCUT2D eigenvalue weighted by Crippen LogP contribution is -2.17. The fourth-order valence-electron chi connectivity index (χ4n) is 3.30. The number of hydrogen-bond acceptors (Lipinski definition) is 1. The minimum Gasteiger partial charge on any atom is -0.287 e. The second-order valence-electron chi connectivity index (χ2n) is 5.81. The van der Waals surface area contributed by atoms with Crippen molar-refractivity contribution in [3.8, 4) is 0 Å². The van der Waals surface area contributed by atoms with Gasteiger partial charge in [0, 0.05) is 5.71 Å². The molecule has 0 amide bonds. The largest absolute Gasteiger partial charge is 0.287 e. The summed E-state index contributed by atoms with van der Waals surface area (Å²) in [5.41, 5.74) is 4.54. The fraction of sp³-hybridized carbons (Fsp3) is 0.471. The quantitative estimate of drug-likeness (QED) is 0.696. The Kier molecular flexibility index (Phi) is 3.07. The highest BCUT2D eigenvalue weighted by atomic mass is 14.9. The molecular weight excluding hydrogens is 218 g/mol. The van der Waals surface area contributed by atoms with Crippen molar-refractivity contribution in [2.45, 2.75) is 50.5 Å². The van der Waals surface area contributed by atoms with Gasteiger partial charge >= 0.3 is 0 Å². The zero-order valence-corrected chi connectivity index (χ0v) is 11.0. The Morgan fingerprint density at radius 3 is 2.56 bits per heavy atom. The van der Waals surface area contributed by atoms with Gasteiger partial charge in [-0.2, -0.15) is 0 Å². The van der Waals surface area contributed by atoms with Crippen molar-refractivity contribution in [1.82, 2.24) is 0 Å². The predicted molar refractivity (Wildman–Crippen MR) is 77.2 cm³/mol. The second-order valence-corrected chi connectivity index (χ2v) is 5.81. The summed E-state index contributed by atoms with van der Waals surface area (Å²) in [5, 5.41) is 0. The van der Waals surface area contributed by atoms with Gasteiger partial charge in [-0.1, -0.05) is 42.5 Å². The topological polar surface area (TPSA) is 12.4 Å². The van der Waals surface area contributed by atoms with E-state index in [-0.39, 0.29) is 5.54 Å². The zero-order valence-electron chi connectivity index (χ0n) is 11.0. The number of hydrogen-bond donors (Lipinski definition) is 0. The van der Waals surface area contributed by atoms with E-state index in [0.717, 1.165) is 19.3 Å². The highest BCUT2D eigenvalue weighted by molar-refractivity contribution is 5.87. The SMILES string of the molecule is C=C1CCC2(CCC(CCc3ccccc3)=N2)C1. The lowest BCUT2D eigenvalue weighted by atomic mass is 9.94. The van der Waals surface area contributed by atoms with Gasteiger partial charge in [-0.05, 0) is 50.5 Å². The first kappa shape index (κ1) is 11.7. The Balaban J connectivity index is 1.61. The third kappa shape index (κ3) is 2.40. The van der Waals surface area contributed by atoms with E-state index in [9.17, 15) is 0 Å². The minimum absolute atomic E-state index is 0.267. The van der Waals surface area contributed by atoms with Crippen LogP contribution in [0.1, 0.15) is 44.1 Å². The van der Waals surface area contributed by atoms with Gasteiger partial charge in [-0.15, -0.1) is 0 Å². The Hall–Kier alpha value is -1.37. The standard InChI is InChI=1S/C17H21N/c1-14-9-11-17(13-14)12-10-16(18-17)8-7-15-5-3-2-4-6-15/h2-6H,1,7-13H2. The van der Waals surface area contributed by atoms with Crippen LogP contribution in [0.15, 0.2) is 47.5 Å². The molecule has 0 aromatic heterocycles.